The SMILES string of the molecule is Cc1cccc2[nH]c(C(=O)N[C@H](C(=O)NC(CC(=O)O)C(=O)COc3c(F)c(F)cc(F)c3F)C(C)C)c(CC(C)C)c12. The van der Waals surface area contributed by atoms with Gasteiger partial charge in [-0.25, -0.2) is 8.78 Å². The highest BCUT2D eigenvalue weighted by Gasteiger charge is 2.32. The number of ether oxygens (including phenoxy) is 1. The summed E-state index contributed by atoms with van der Waals surface area (Å²) in [6, 6.07) is 2.55. The van der Waals surface area contributed by atoms with Crippen molar-refractivity contribution in [3.63, 3.8) is 0 Å². The van der Waals surface area contributed by atoms with Gasteiger partial charge in [0.2, 0.25) is 17.5 Å². The van der Waals surface area contributed by atoms with E-state index in [0.717, 1.165) is 22.0 Å². The number of carbonyl (C=O) groups excluding carboxylic acids is 3. The minimum atomic E-state index is -1.89. The topological polar surface area (TPSA) is 138 Å². The molecular weight excluding hydrogens is 574 g/mol. The first kappa shape index (κ1) is 33.1. The number of hydrogen-bond donors (Lipinski definition) is 4. The van der Waals surface area contributed by atoms with Gasteiger partial charge < -0.3 is 25.5 Å². The number of H-pyrrole nitrogens is 1. The van der Waals surface area contributed by atoms with E-state index in [0.29, 0.717) is 6.42 Å². The molecule has 9 nitrogen and oxygen atoms in total. The number of rotatable bonds is 13. The number of benzene rings is 2. The molecule has 0 aliphatic carbocycles. The molecule has 0 spiro atoms. The van der Waals surface area contributed by atoms with Crippen molar-refractivity contribution in [3.05, 3.63) is 64.4 Å². The zero-order chi connectivity index (χ0) is 32.2. The van der Waals surface area contributed by atoms with Gasteiger partial charge in [-0.05, 0) is 42.4 Å². The first-order chi connectivity index (χ1) is 20.1. The van der Waals surface area contributed by atoms with Crippen LogP contribution in [0.25, 0.3) is 10.9 Å². The quantitative estimate of drug-likeness (QED) is 0.166. The maximum Gasteiger partial charge on any atom is 0.305 e. The van der Waals surface area contributed by atoms with Crippen molar-refractivity contribution in [2.75, 3.05) is 6.61 Å². The Hall–Kier alpha value is -4.42. The van der Waals surface area contributed by atoms with Crippen LogP contribution in [0.5, 0.6) is 5.75 Å². The lowest BCUT2D eigenvalue weighted by Crippen LogP contribution is -2.54. The Kier molecular flexibility index (Phi) is 10.5. The molecule has 3 aromatic rings. The molecule has 2 amide bonds. The van der Waals surface area contributed by atoms with Crippen LogP contribution in [0.1, 0.15) is 55.7 Å². The molecule has 0 aliphatic heterocycles. The maximum atomic E-state index is 13.9. The number of aromatic nitrogens is 1. The number of carboxylic acid groups (broad SMARTS) is 1. The van der Waals surface area contributed by atoms with Crippen molar-refractivity contribution >= 4 is 34.5 Å². The van der Waals surface area contributed by atoms with Gasteiger partial charge in [0.05, 0.1) is 6.42 Å². The van der Waals surface area contributed by atoms with Crippen molar-refractivity contribution in [1.82, 2.24) is 15.6 Å². The Labute approximate surface area is 245 Å². The van der Waals surface area contributed by atoms with Gasteiger partial charge in [-0.3, -0.25) is 19.2 Å². The third-order valence-electron chi connectivity index (χ3n) is 6.73. The first-order valence-corrected chi connectivity index (χ1v) is 13.5. The van der Waals surface area contributed by atoms with E-state index in [1.165, 1.54) is 0 Å². The monoisotopic (exact) mass is 607 g/mol. The van der Waals surface area contributed by atoms with E-state index in [9.17, 15) is 41.8 Å². The highest BCUT2D eigenvalue weighted by molar-refractivity contribution is 6.04. The van der Waals surface area contributed by atoms with Crippen molar-refractivity contribution in [1.29, 1.82) is 0 Å². The molecule has 0 bridgehead atoms. The van der Waals surface area contributed by atoms with Crippen LogP contribution in [-0.2, 0) is 20.8 Å². The second kappa shape index (κ2) is 13.7. The van der Waals surface area contributed by atoms with Crippen molar-refractivity contribution < 1.29 is 46.6 Å². The molecule has 0 saturated heterocycles. The van der Waals surface area contributed by atoms with Gasteiger partial charge in [0.1, 0.15) is 24.4 Å². The van der Waals surface area contributed by atoms with Crippen LogP contribution in [0.3, 0.4) is 0 Å². The number of carbonyl (C=O) groups is 4. The van der Waals surface area contributed by atoms with E-state index >= 15 is 0 Å². The number of halogens is 4. The molecule has 232 valence electrons. The van der Waals surface area contributed by atoms with Gasteiger partial charge in [0.15, 0.2) is 23.2 Å². The predicted molar refractivity (Wildman–Crippen MR) is 149 cm³/mol. The zero-order valence-corrected chi connectivity index (χ0v) is 24.2. The Morgan fingerprint density at radius 1 is 0.977 bits per heavy atom. The maximum absolute atomic E-state index is 13.9. The minimum Gasteiger partial charge on any atom is -0.481 e. The van der Waals surface area contributed by atoms with Crippen LogP contribution in [0.2, 0.25) is 0 Å². The molecule has 13 heteroatoms. The highest BCUT2D eigenvalue weighted by atomic mass is 19.2. The number of fused-ring (bicyclic) bond motifs is 1. The van der Waals surface area contributed by atoms with E-state index in [1.54, 1.807) is 13.8 Å². The lowest BCUT2D eigenvalue weighted by atomic mass is 9.96. The summed E-state index contributed by atoms with van der Waals surface area (Å²) in [6.45, 7) is 7.94. The summed E-state index contributed by atoms with van der Waals surface area (Å²) in [5.41, 5.74) is 2.73. The fourth-order valence-electron chi connectivity index (χ4n) is 4.67. The van der Waals surface area contributed by atoms with Crippen LogP contribution in [0, 0.1) is 42.0 Å². The summed E-state index contributed by atoms with van der Waals surface area (Å²) >= 11 is 0. The number of aromatic amines is 1. The standard InChI is InChI=1S/C30H33F4N3O6/c1-13(2)9-16-23-15(5)7-6-8-19(23)35-27(16)30(42)37-26(14(3)4)29(41)36-20(11-22(39)40)21(38)12-43-28-24(33)17(31)10-18(32)25(28)34/h6-8,10,13-14,20,26,35H,9,11-12H2,1-5H3,(H,36,41)(H,37,42)(H,39,40)/t20?,26-/m0/s1. The number of nitrogens with one attached hydrogen (secondary N) is 3. The second-order valence-corrected chi connectivity index (χ2v) is 11.0. The van der Waals surface area contributed by atoms with E-state index in [4.69, 9.17) is 0 Å². The molecule has 0 aliphatic rings. The molecular formula is C30H33F4N3O6. The van der Waals surface area contributed by atoms with E-state index < -0.39 is 83.6 Å². The molecule has 0 fully saturated rings. The predicted octanol–water partition coefficient (Wildman–Crippen LogP) is 4.59. The molecule has 1 heterocycles. The average Bonchev–Trinajstić information content (AvgIpc) is 3.28. The number of amides is 2. The number of Topliss-reactive ketones (excluding diaryl/α,β-unsaturated/α-hetero) is 1. The van der Waals surface area contributed by atoms with E-state index in [2.05, 4.69) is 20.4 Å². The number of aryl methyl sites for hydroxylation is 1. The summed E-state index contributed by atoms with van der Waals surface area (Å²) in [5.74, 6) is -13.3. The van der Waals surface area contributed by atoms with Crippen molar-refractivity contribution in [2.24, 2.45) is 11.8 Å². The fourth-order valence-corrected chi connectivity index (χ4v) is 4.67. The Balaban J connectivity index is 1.82. The first-order valence-electron chi connectivity index (χ1n) is 13.5. The fraction of sp³-hybridized carbons (Fsp3) is 0.400. The summed E-state index contributed by atoms with van der Waals surface area (Å²) in [7, 11) is 0. The summed E-state index contributed by atoms with van der Waals surface area (Å²) in [4.78, 5) is 54.1. The zero-order valence-electron chi connectivity index (χ0n) is 24.2. The van der Waals surface area contributed by atoms with Crippen LogP contribution in [-0.4, -0.2) is 52.3 Å². The van der Waals surface area contributed by atoms with Gasteiger partial charge in [-0.15, -0.1) is 0 Å². The summed E-state index contributed by atoms with van der Waals surface area (Å²) in [6.07, 6.45) is -0.382. The molecule has 2 aromatic carbocycles. The molecule has 0 saturated carbocycles. The normalized spacial score (nSPS) is 12.8. The smallest absolute Gasteiger partial charge is 0.305 e. The van der Waals surface area contributed by atoms with Crippen LogP contribution in [0.15, 0.2) is 24.3 Å². The molecule has 4 N–H and O–H groups in total. The van der Waals surface area contributed by atoms with Crippen LogP contribution in [0.4, 0.5) is 17.6 Å². The van der Waals surface area contributed by atoms with Crippen LogP contribution >= 0.6 is 0 Å². The van der Waals surface area contributed by atoms with Gasteiger partial charge in [-0.2, -0.15) is 8.78 Å². The number of hydrogen-bond acceptors (Lipinski definition) is 5. The van der Waals surface area contributed by atoms with Gasteiger partial charge in [-0.1, -0.05) is 39.8 Å². The average molecular weight is 608 g/mol. The van der Waals surface area contributed by atoms with Crippen molar-refractivity contribution in [3.8, 4) is 5.75 Å². The summed E-state index contributed by atoms with van der Waals surface area (Å²) in [5, 5.41) is 15.1. The Morgan fingerprint density at radius 2 is 1.60 bits per heavy atom. The minimum absolute atomic E-state index is 0.0457. The van der Waals surface area contributed by atoms with E-state index in [-0.39, 0.29) is 17.7 Å². The number of ketones is 1. The molecule has 0 radical (unpaired) electrons. The van der Waals surface area contributed by atoms with Crippen LogP contribution < -0.4 is 15.4 Å². The summed E-state index contributed by atoms with van der Waals surface area (Å²) < 4.78 is 59.5. The highest BCUT2D eigenvalue weighted by Crippen LogP contribution is 2.29. The molecule has 43 heavy (non-hydrogen) atoms. The lowest BCUT2D eigenvalue weighted by Gasteiger charge is -2.24. The third-order valence-corrected chi connectivity index (χ3v) is 6.73. The number of carboxylic acids is 1. The Morgan fingerprint density at radius 3 is 2.16 bits per heavy atom. The van der Waals surface area contributed by atoms with E-state index in [1.807, 2.05) is 39.0 Å². The van der Waals surface area contributed by atoms with Gasteiger partial charge in [0, 0.05) is 17.0 Å². The molecule has 1 aromatic heterocycles. The lowest BCUT2D eigenvalue weighted by molar-refractivity contribution is -0.140. The molecule has 3 rings (SSSR count). The Bertz CT molecular complexity index is 1530. The number of aliphatic carboxylic acids is 1. The van der Waals surface area contributed by atoms with Crippen molar-refractivity contribution in [2.45, 2.75) is 59.5 Å². The largest absolute Gasteiger partial charge is 0.481 e. The van der Waals surface area contributed by atoms with Gasteiger partial charge in [0.25, 0.3) is 5.91 Å². The third kappa shape index (κ3) is 7.70. The second-order valence-electron chi connectivity index (χ2n) is 11.0. The molecule has 1 unspecified atom stereocenters. The molecule has 2 atom stereocenters. The van der Waals surface area contributed by atoms with Gasteiger partial charge >= 0.3 is 5.97 Å².